The van der Waals surface area contributed by atoms with Crippen molar-refractivity contribution in [1.29, 1.82) is 0 Å². The molecule has 2 rings (SSSR count). The summed E-state index contributed by atoms with van der Waals surface area (Å²) in [6.45, 7) is 5.48. The number of amides is 1. The number of rotatable bonds is 4. The lowest BCUT2D eigenvalue weighted by atomic mass is 10.2. The van der Waals surface area contributed by atoms with E-state index in [9.17, 15) is 9.59 Å². The number of aromatic nitrogens is 2. The monoisotopic (exact) mass is 307 g/mol. The first kappa shape index (κ1) is 15.2. The van der Waals surface area contributed by atoms with Crippen molar-refractivity contribution in [1.82, 2.24) is 9.78 Å². The van der Waals surface area contributed by atoms with Crippen LogP contribution >= 0.6 is 11.3 Å². The Labute approximate surface area is 126 Å². The molecule has 0 saturated carbocycles. The van der Waals surface area contributed by atoms with E-state index in [1.54, 1.807) is 23.9 Å². The van der Waals surface area contributed by atoms with Crippen LogP contribution in [-0.2, 0) is 9.53 Å². The molecule has 0 spiro atoms. The fraction of sp³-hybridized carbons (Fsp3) is 0.357. The van der Waals surface area contributed by atoms with Crippen molar-refractivity contribution < 1.29 is 14.3 Å². The molecule has 0 aromatic carbocycles. The molecule has 2 aromatic rings. The molecule has 112 valence electrons. The number of nitrogens with one attached hydrogen (secondary N) is 1. The minimum Gasteiger partial charge on any atom is -0.465 e. The van der Waals surface area contributed by atoms with Gasteiger partial charge in [0.15, 0.2) is 0 Å². The summed E-state index contributed by atoms with van der Waals surface area (Å²) in [6.07, 6.45) is 1.75. The van der Waals surface area contributed by atoms with Gasteiger partial charge in [-0.3, -0.25) is 9.48 Å². The number of carbonyl (C=O) groups excluding carboxylic acids is 2. The average molecular weight is 307 g/mol. The zero-order valence-corrected chi connectivity index (χ0v) is 13.2. The Morgan fingerprint density at radius 2 is 2.14 bits per heavy atom. The van der Waals surface area contributed by atoms with Crippen molar-refractivity contribution in [2.45, 2.75) is 26.8 Å². The van der Waals surface area contributed by atoms with Gasteiger partial charge < -0.3 is 10.1 Å². The maximum absolute atomic E-state index is 12.3. The number of nitrogens with zero attached hydrogens (tertiary/aromatic N) is 2. The number of methoxy groups -OCH3 is 1. The first-order valence-electron chi connectivity index (χ1n) is 6.43. The normalized spacial score (nSPS) is 12.0. The summed E-state index contributed by atoms with van der Waals surface area (Å²) in [5.74, 6) is -0.692. The van der Waals surface area contributed by atoms with Crippen LogP contribution in [0.1, 0.15) is 33.9 Å². The van der Waals surface area contributed by atoms with E-state index in [2.05, 4.69) is 10.4 Å². The molecule has 2 heterocycles. The highest BCUT2D eigenvalue weighted by molar-refractivity contribution is 7.16. The van der Waals surface area contributed by atoms with Crippen molar-refractivity contribution >= 4 is 28.2 Å². The second-order valence-electron chi connectivity index (χ2n) is 4.69. The third kappa shape index (κ3) is 3.30. The molecule has 6 nitrogen and oxygen atoms in total. The highest BCUT2D eigenvalue weighted by Gasteiger charge is 2.21. The van der Waals surface area contributed by atoms with Gasteiger partial charge in [0.2, 0.25) is 5.91 Å². The molecule has 0 saturated heterocycles. The number of hydrogen-bond acceptors (Lipinski definition) is 5. The number of anilines is 1. The van der Waals surface area contributed by atoms with Crippen molar-refractivity contribution in [2.75, 3.05) is 12.4 Å². The number of carbonyl (C=O) groups is 2. The van der Waals surface area contributed by atoms with Gasteiger partial charge in [0, 0.05) is 11.1 Å². The van der Waals surface area contributed by atoms with Gasteiger partial charge in [0.25, 0.3) is 0 Å². The number of thiophene rings is 1. The third-order valence-electron chi connectivity index (χ3n) is 3.02. The predicted octanol–water partition coefficient (Wildman–Crippen LogP) is 2.55. The summed E-state index contributed by atoms with van der Waals surface area (Å²) in [5.41, 5.74) is 1.22. The lowest BCUT2D eigenvalue weighted by Gasteiger charge is -2.12. The Bertz CT molecular complexity index is 675. The Morgan fingerprint density at radius 1 is 1.43 bits per heavy atom. The van der Waals surface area contributed by atoms with Crippen molar-refractivity contribution in [3.63, 3.8) is 0 Å². The van der Waals surface area contributed by atoms with Crippen LogP contribution in [0.3, 0.4) is 0 Å². The van der Waals surface area contributed by atoms with Gasteiger partial charge >= 0.3 is 5.97 Å². The van der Waals surface area contributed by atoms with Gasteiger partial charge in [-0.1, -0.05) is 0 Å². The first-order chi connectivity index (χ1) is 9.92. The van der Waals surface area contributed by atoms with E-state index in [1.807, 2.05) is 19.9 Å². The van der Waals surface area contributed by atoms with E-state index >= 15 is 0 Å². The second-order valence-corrected chi connectivity index (χ2v) is 5.95. The molecule has 0 aliphatic heterocycles. The van der Waals surface area contributed by atoms with E-state index in [4.69, 9.17) is 4.74 Å². The number of esters is 1. The predicted molar refractivity (Wildman–Crippen MR) is 80.7 cm³/mol. The molecule has 0 radical (unpaired) electrons. The molecule has 21 heavy (non-hydrogen) atoms. The Hall–Kier alpha value is -2.15. The highest BCUT2D eigenvalue weighted by atomic mass is 32.1. The smallest absolute Gasteiger partial charge is 0.340 e. The summed E-state index contributed by atoms with van der Waals surface area (Å²) in [4.78, 5) is 24.9. The summed E-state index contributed by atoms with van der Waals surface area (Å²) in [7, 11) is 1.32. The van der Waals surface area contributed by atoms with Gasteiger partial charge in [-0.25, -0.2) is 4.79 Å². The molecule has 0 aliphatic rings. The molecule has 1 amide bonds. The fourth-order valence-corrected chi connectivity index (χ4v) is 2.76. The van der Waals surface area contributed by atoms with E-state index in [0.29, 0.717) is 10.6 Å². The average Bonchev–Trinajstić information content (AvgIpc) is 3.03. The Kier molecular flexibility index (Phi) is 4.42. The Morgan fingerprint density at radius 3 is 2.71 bits per heavy atom. The standard InChI is InChI=1S/C14H17N3O3S/c1-8-5-6-17(16-8)10(3)12(18)15-13-11(14(19)20-4)7-9(2)21-13/h5-7,10H,1-4H3,(H,15,18). The lowest BCUT2D eigenvalue weighted by molar-refractivity contribution is -0.119. The summed E-state index contributed by atoms with van der Waals surface area (Å²) < 4.78 is 6.31. The first-order valence-corrected chi connectivity index (χ1v) is 7.25. The molecule has 2 aromatic heterocycles. The number of aryl methyl sites for hydroxylation is 2. The molecule has 0 bridgehead atoms. The number of hydrogen-bond donors (Lipinski definition) is 1. The van der Waals surface area contributed by atoms with Crippen LogP contribution in [0.4, 0.5) is 5.00 Å². The summed E-state index contributed by atoms with van der Waals surface area (Å²) in [6, 6.07) is 3.07. The van der Waals surface area contributed by atoms with Crippen LogP contribution in [0.5, 0.6) is 0 Å². The molecular weight excluding hydrogens is 290 g/mol. The van der Waals surface area contributed by atoms with Crippen molar-refractivity contribution in [3.05, 3.63) is 34.5 Å². The maximum atomic E-state index is 12.3. The van der Waals surface area contributed by atoms with E-state index in [1.165, 1.54) is 18.4 Å². The van der Waals surface area contributed by atoms with Gasteiger partial charge in [-0.05, 0) is 32.9 Å². The van der Waals surface area contributed by atoms with E-state index in [0.717, 1.165) is 10.6 Å². The molecule has 1 unspecified atom stereocenters. The summed E-state index contributed by atoms with van der Waals surface area (Å²) >= 11 is 1.34. The largest absolute Gasteiger partial charge is 0.465 e. The highest BCUT2D eigenvalue weighted by Crippen LogP contribution is 2.28. The van der Waals surface area contributed by atoms with Crippen LogP contribution in [-0.4, -0.2) is 28.8 Å². The molecule has 0 fully saturated rings. The maximum Gasteiger partial charge on any atom is 0.340 e. The topological polar surface area (TPSA) is 73.2 Å². The SMILES string of the molecule is COC(=O)c1cc(C)sc1NC(=O)C(C)n1ccc(C)n1. The van der Waals surface area contributed by atoms with Crippen molar-refractivity contribution in [2.24, 2.45) is 0 Å². The van der Waals surface area contributed by atoms with Crippen LogP contribution < -0.4 is 5.32 Å². The minimum atomic E-state index is -0.466. The minimum absolute atomic E-state index is 0.231. The summed E-state index contributed by atoms with van der Waals surface area (Å²) in [5, 5.41) is 7.49. The molecule has 1 atom stereocenters. The number of ether oxygens (including phenoxy) is 1. The molecule has 1 N–H and O–H groups in total. The van der Waals surface area contributed by atoms with Crippen LogP contribution in [0.2, 0.25) is 0 Å². The molecule has 7 heteroatoms. The van der Waals surface area contributed by atoms with E-state index < -0.39 is 12.0 Å². The van der Waals surface area contributed by atoms with Crippen LogP contribution in [0, 0.1) is 13.8 Å². The van der Waals surface area contributed by atoms with Crippen LogP contribution in [0.15, 0.2) is 18.3 Å². The zero-order chi connectivity index (χ0) is 15.6. The molecular formula is C14H17N3O3S. The quantitative estimate of drug-likeness (QED) is 0.881. The van der Waals surface area contributed by atoms with Gasteiger partial charge in [-0.15, -0.1) is 11.3 Å². The Balaban J connectivity index is 2.18. The zero-order valence-electron chi connectivity index (χ0n) is 12.3. The second kappa shape index (κ2) is 6.09. The van der Waals surface area contributed by atoms with Gasteiger partial charge in [0.05, 0.1) is 18.4 Å². The van der Waals surface area contributed by atoms with Gasteiger partial charge in [0.1, 0.15) is 11.0 Å². The third-order valence-corrected chi connectivity index (χ3v) is 3.98. The fourth-order valence-electron chi connectivity index (χ4n) is 1.85. The lowest BCUT2D eigenvalue weighted by Crippen LogP contribution is -2.24. The van der Waals surface area contributed by atoms with Crippen molar-refractivity contribution in [3.8, 4) is 0 Å². The van der Waals surface area contributed by atoms with Gasteiger partial charge in [-0.2, -0.15) is 5.10 Å². The van der Waals surface area contributed by atoms with E-state index in [-0.39, 0.29) is 5.91 Å². The molecule has 0 aliphatic carbocycles. The van der Waals surface area contributed by atoms with Crippen LogP contribution in [0.25, 0.3) is 0 Å².